The van der Waals surface area contributed by atoms with E-state index in [1.165, 1.54) is 25.7 Å². The van der Waals surface area contributed by atoms with E-state index >= 15 is 0 Å². The highest BCUT2D eigenvalue weighted by Crippen LogP contribution is 2.28. The van der Waals surface area contributed by atoms with Gasteiger partial charge < -0.3 is 15.7 Å². The van der Waals surface area contributed by atoms with Crippen molar-refractivity contribution in [3.05, 3.63) is 28.2 Å². The standard InChI is InChI=1S/C13H17BrN2O2/c14-10-5-6-12(11(7-10)13(15)16-17)18-8-9-3-1-2-4-9/h5-7,9,17H,1-4,8H2,(H2,15,16). The predicted molar refractivity (Wildman–Crippen MR) is 74.1 cm³/mol. The number of rotatable bonds is 4. The number of hydrogen-bond acceptors (Lipinski definition) is 3. The van der Waals surface area contributed by atoms with Gasteiger partial charge in [0, 0.05) is 4.47 Å². The van der Waals surface area contributed by atoms with Gasteiger partial charge in [0.2, 0.25) is 0 Å². The average molecular weight is 313 g/mol. The van der Waals surface area contributed by atoms with E-state index in [1.807, 2.05) is 12.1 Å². The lowest BCUT2D eigenvalue weighted by Gasteiger charge is -2.14. The lowest BCUT2D eigenvalue weighted by atomic mass is 10.1. The minimum atomic E-state index is 0.0673. The van der Waals surface area contributed by atoms with E-state index in [2.05, 4.69) is 21.1 Å². The fraction of sp³-hybridized carbons (Fsp3) is 0.462. The molecule has 1 fully saturated rings. The van der Waals surface area contributed by atoms with Crippen molar-refractivity contribution in [2.75, 3.05) is 6.61 Å². The van der Waals surface area contributed by atoms with E-state index in [-0.39, 0.29) is 5.84 Å². The van der Waals surface area contributed by atoms with E-state index in [4.69, 9.17) is 15.7 Å². The van der Waals surface area contributed by atoms with Gasteiger partial charge in [0.1, 0.15) is 5.75 Å². The first kappa shape index (κ1) is 13.2. The Kier molecular flexibility index (Phi) is 4.47. The average Bonchev–Trinajstić information content (AvgIpc) is 2.89. The molecule has 0 spiro atoms. The van der Waals surface area contributed by atoms with Crippen LogP contribution in [0.3, 0.4) is 0 Å². The fourth-order valence-electron chi connectivity index (χ4n) is 2.27. The Bertz CT molecular complexity index is 443. The number of hydrogen-bond donors (Lipinski definition) is 2. The summed E-state index contributed by atoms with van der Waals surface area (Å²) < 4.78 is 6.68. The highest BCUT2D eigenvalue weighted by Gasteiger charge is 2.17. The van der Waals surface area contributed by atoms with E-state index in [0.29, 0.717) is 23.8 Å². The van der Waals surface area contributed by atoms with Gasteiger partial charge in [-0.2, -0.15) is 0 Å². The summed E-state index contributed by atoms with van der Waals surface area (Å²) >= 11 is 3.36. The quantitative estimate of drug-likeness (QED) is 0.388. The van der Waals surface area contributed by atoms with Crippen LogP contribution in [0.15, 0.2) is 27.8 Å². The molecule has 18 heavy (non-hydrogen) atoms. The second-order valence-electron chi connectivity index (χ2n) is 4.59. The highest BCUT2D eigenvalue weighted by atomic mass is 79.9. The van der Waals surface area contributed by atoms with Gasteiger partial charge in [-0.1, -0.05) is 33.9 Å². The molecule has 0 atom stereocenters. The van der Waals surface area contributed by atoms with Crippen molar-refractivity contribution in [3.63, 3.8) is 0 Å². The van der Waals surface area contributed by atoms with Crippen molar-refractivity contribution in [1.29, 1.82) is 0 Å². The Morgan fingerprint density at radius 3 is 2.83 bits per heavy atom. The van der Waals surface area contributed by atoms with Crippen molar-refractivity contribution < 1.29 is 9.94 Å². The maximum Gasteiger partial charge on any atom is 0.173 e. The monoisotopic (exact) mass is 312 g/mol. The van der Waals surface area contributed by atoms with Gasteiger partial charge in [-0.3, -0.25) is 0 Å². The molecule has 0 heterocycles. The molecule has 3 N–H and O–H groups in total. The van der Waals surface area contributed by atoms with Crippen molar-refractivity contribution in [2.45, 2.75) is 25.7 Å². The van der Waals surface area contributed by atoms with E-state index < -0.39 is 0 Å². The minimum Gasteiger partial charge on any atom is -0.493 e. The van der Waals surface area contributed by atoms with Crippen LogP contribution in [0.5, 0.6) is 5.75 Å². The molecule has 1 aliphatic carbocycles. The van der Waals surface area contributed by atoms with Crippen molar-refractivity contribution in [3.8, 4) is 5.75 Å². The van der Waals surface area contributed by atoms with Crippen LogP contribution in [0.2, 0.25) is 0 Å². The van der Waals surface area contributed by atoms with E-state index in [9.17, 15) is 0 Å². The summed E-state index contributed by atoms with van der Waals surface area (Å²) in [5.74, 6) is 1.37. The van der Waals surface area contributed by atoms with E-state index in [1.54, 1.807) is 6.07 Å². The number of ether oxygens (including phenoxy) is 1. The molecule has 0 aliphatic heterocycles. The van der Waals surface area contributed by atoms with Crippen LogP contribution in [-0.2, 0) is 0 Å². The zero-order valence-corrected chi connectivity index (χ0v) is 11.7. The molecule has 0 unspecified atom stereocenters. The van der Waals surface area contributed by atoms with Gasteiger partial charge in [-0.25, -0.2) is 0 Å². The Morgan fingerprint density at radius 1 is 1.44 bits per heavy atom. The van der Waals surface area contributed by atoms with Crippen molar-refractivity contribution >= 4 is 21.8 Å². The SMILES string of the molecule is N/C(=N/O)c1cc(Br)ccc1OCC1CCCC1. The Labute approximate surface area is 115 Å². The third-order valence-corrected chi connectivity index (χ3v) is 3.77. The van der Waals surface area contributed by atoms with Gasteiger partial charge >= 0.3 is 0 Å². The van der Waals surface area contributed by atoms with Gasteiger partial charge in [-0.05, 0) is 37.0 Å². The molecule has 1 saturated carbocycles. The van der Waals surface area contributed by atoms with Crippen LogP contribution in [0, 0.1) is 5.92 Å². The minimum absolute atomic E-state index is 0.0673. The maximum absolute atomic E-state index is 8.78. The largest absolute Gasteiger partial charge is 0.493 e. The molecule has 0 aromatic heterocycles. The van der Waals surface area contributed by atoms with Crippen LogP contribution in [0.4, 0.5) is 0 Å². The third-order valence-electron chi connectivity index (χ3n) is 3.27. The number of halogens is 1. The first-order valence-corrected chi connectivity index (χ1v) is 6.90. The second kappa shape index (κ2) is 6.09. The Balaban J connectivity index is 2.10. The molecule has 5 heteroatoms. The number of nitrogens with two attached hydrogens (primary N) is 1. The first-order chi connectivity index (χ1) is 8.70. The molecule has 0 bridgehead atoms. The number of amidine groups is 1. The van der Waals surface area contributed by atoms with Crippen molar-refractivity contribution in [1.82, 2.24) is 0 Å². The maximum atomic E-state index is 8.78. The van der Waals surface area contributed by atoms with Gasteiger partial charge in [-0.15, -0.1) is 0 Å². The molecular formula is C13H17BrN2O2. The Hall–Kier alpha value is -1.23. The van der Waals surface area contributed by atoms with Gasteiger partial charge in [0.05, 0.1) is 12.2 Å². The zero-order valence-electron chi connectivity index (χ0n) is 10.1. The van der Waals surface area contributed by atoms with Crippen LogP contribution >= 0.6 is 15.9 Å². The second-order valence-corrected chi connectivity index (χ2v) is 5.50. The van der Waals surface area contributed by atoms with Gasteiger partial charge in [0.15, 0.2) is 5.84 Å². The van der Waals surface area contributed by atoms with Crippen LogP contribution in [-0.4, -0.2) is 17.6 Å². The number of nitrogens with zero attached hydrogens (tertiary/aromatic N) is 1. The molecule has 1 aromatic rings. The number of oxime groups is 1. The normalized spacial score (nSPS) is 17.1. The Morgan fingerprint density at radius 2 is 2.17 bits per heavy atom. The summed E-state index contributed by atoms with van der Waals surface area (Å²) in [7, 11) is 0. The lowest BCUT2D eigenvalue weighted by molar-refractivity contribution is 0.251. The van der Waals surface area contributed by atoms with Crippen LogP contribution < -0.4 is 10.5 Å². The summed E-state index contributed by atoms with van der Waals surface area (Å²) in [6, 6.07) is 5.52. The lowest BCUT2D eigenvalue weighted by Crippen LogP contribution is -2.16. The summed E-state index contributed by atoms with van der Waals surface area (Å²) in [4.78, 5) is 0. The topological polar surface area (TPSA) is 67.8 Å². The molecule has 0 radical (unpaired) electrons. The molecule has 1 aromatic carbocycles. The summed E-state index contributed by atoms with van der Waals surface area (Å²) in [5.41, 5.74) is 6.26. The highest BCUT2D eigenvalue weighted by molar-refractivity contribution is 9.10. The molecule has 0 saturated heterocycles. The molecular weight excluding hydrogens is 296 g/mol. The van der Waals surface area contributed by atoms with Crippen LogP contribution in [0.25, 0.3) is 0 Å². The fourth-order valence-corrected chi connectivity index (χ4v) is 2.63. The smallest absolute Gasteiger partial charge is 0.173 e. The first-order valence-electron chi connectivity index (χ1n) is 6.11. The molecule has 2 rings (SSSR count). The summed E-state index contributed by atoms with van der Waals surface area (Å²) in [6.07, 6.45) is 5.05. The molecule has 1 aliphatic rings. The zero-order chi connectivity index (χ0) is 13.0. The molecule has 0 amide bonds. The van der Waals surface area contributed by atoms with E-state index in [0.717, 1.165) is 4.47 Å². The van der Waals surface area contributed by atoms with Crippen LogP contribution in [0.1, 0.15) is 31.2 Å². The predicted octanol–water partition coefficient (Wildman–Crippen LogP) is 3.11. The summed E-state index contributed by atoms with van der Waals surface area (Å²) in [6.45, 7) is 0.702. The third kappa shape index (κ3) is 3.16. The van der Waals surface area contributed by atoms with Gasteiger partial charge in [0.25, 0.3) is 0 Å². The number of benzene rings is 1. The molecule has 4 nitrogen and oxygen atoms in total. The molecule has 98 valence electrons. The van der Waals surface area contributed by atoms with Crippen molar-refractivity contribution in [2.24, 2.45) is 16.8 Å². The summed E-state index contributed by atoms with van der Waals surface area (Å²) in [5, 5.41) is 11.8.